The average Bonchev–Trinajstić information content (AvgIpc) is 2.87. The van der Waals surface area contributed by atoms with Gasteiger partial charge in [-0.15, -0.1) is 5.10 Å². The number of aryl methyl sites for hydroxylation is 1. The molecule has 8 nitrogen and oxygen atoms in total. The number of fused-ring (bicyclic) bond motifs is 1. The van der Waals surface area contributed by atoms with Crippen LogP contribution in [0.25, 0.3) is 11.0 Å². The number of hydrogen-bond donors (Lipinski definition) is 2. The Morgan fingerprint density at radius 3 is 2.82 bits per heavy atom. The molecule has 1 amide bonds. The van der Waals surface area contributed by atoms with Crippen molar-refractivity contribution in [1.82, 2.24) is 15.0 Å². The number of primary amides is 1. The maximum absolute atomic E-state index is 10.8. The van der Waals surface area contributed by atoms with Gasteiger partial charge in [-0.1, -0.05) is 5.21 Å². The molecule has 8 heteroatoms. The second kappa shape index (κ2) is 6.88. The Hall–Kier alpha value is -2.64. The van der Waals surface area contributed by atoms with Crippen LogP contribution in [0.5, 0.6) is 0 Å². The van der Waals surface area contributed by atoms with Gasteiger partial charge in [0.15, 0.2) is 0 Å². The summed E-state index contributed by atoms with van der Waals surface area (Å²) in [4.78, 5) is 23.2. The molecule has 0 saturated carbocycles. The van der Waals surface area contributed by atoms with E-state index in [9.17, 15) is 9.59 Å². The molecular formula is C14H19N5O3. The number of benzene rings is 1. The number of anilines is 1. The number of nitrogens with zero attached hydrogens (tertiary/aromatic N) is 4. The van der Waals surface area contributed by atoms with E-state index in [-0.39, 0.29) is 12.3 Å². The Balaban J connectivity index is 2.08. The van der Waals surface area contributed by atoms with E-state index in [1.807, 2.05) is 30.1 Å². The first-order valence-corrected chi connectivity index (χ1v) is 7.02. The van der Waals surface area contributed by atoms with E-state index in [1.54, 1.807) is 4.68 Å². The van der Waals surface area contributed by atoms with E-state index in [0.717, 1.165) is 16.7 Å². The molecule has 0 aliphatic heterocycles. The van der Waals surface area contributed by atoms with Crippen LogP contribution in [-0.4, -0.2) is 45.6 Å². The van der Waals surface area contributed by atoms with Crippen LogP contribution in [0.3, 0.4) is 0 Å². The fraction of sp³-hybridized carbons (Fsp3) is 0.429. The highest BCUT2D eigenvalue weighted by atomic mass is 16.4. The molecule has 1 aromatic carbocycles. The number of carboxylic acids is 1. The van der Waals surface area contributed by atoms with E-state index >= 15 is 0 Å². The molecule has 2 rings (SSSR count). The van der Waals surface area contributed by atoms with Crippen LogP contribution in [0.2, 0.25) is 0 Å². The van der Waals surface area contributed by atoms with Crippen LogP contribution < -0.4 is 10.6 Å². The lowest BCUT2D eigenvalue weighted by Crippen LogP contribution is -2.20. The van der Waals surface area contributed by atoms with Crippen molar-refractivity contribution in [2.75, 3.05) is 18.5 Å². The highest BCUT2D eigenvalue weighted by Gasteiger charge is 2.09. The molecule has 0 atom stereocenters. The number of carboxylic acid groups (broad SMARTS) is 1. The molecule has 0 aliphatic rings. The van der Waals surface area contributed by atoms with Crippen molar-refractivity contribution < 1.29 is 14.7 Å². The molecule has 0 bridgehead atoms. The highest BCUT2D eigenvalue weighted by molar-refractivity contribution is 5.79. The molecule has 1 heterocycles. The van der Waals surface area contributed by atoms with Crippen molar-refractivity contribution in [1.29, 1.82) is 0 Å². The zero-order valence-electron chi connectivity index (χ0n) is 12.4. The molecule has 22 heavy (non-hydrogen) atoms. The number of hydrogen-bond acceptors (Lipinski definition) is 5. The standard InChI is InChI=1S/C14H19N5O3/c1-18(8-6-14(21)22)10-4-5-12-11(9-10)16-17-19(12)7-2-3-13(15)20/h4-5,9H,2-3,6-8H2,1H3,(H2,15,20)(H,21,22). The van der Waals surface area contributed by atoms with Crippen LogP contribution in [0.4, 0.5) is 5.69 Å². The summed E-state index contributed by atoms with van der Waals surface area (Å²) in [5.41, 5.74) is 7.61. The predicted molar refractivity (Wildman–Crippen MR) is 81.5 cm³/mol. The maximum atomic E-state index is 10.8. The topological polar surface area (TPSA) is 114 Å². The van der Waals surface area contributed by atoms with Gasteiger partial charge in [0.2, 0.25) is 5.91 Å². The number of aliphatic carboxylic acids is 1. The van der Waals surface area contributed by atoms with E-state index in [2.05, 4.69) is 10.3 Å². The van der Waals surface area contributed by atoms with Gasteiger partial charge in [0, 0.05) is 32.2 Å². The highest BCUT2D eigenvalue weighted by Crippen LogP contribution is 2.20. The normalized spacial score (nSPS) is 10.8. The Morgan fingerprint density at radius 2 is 2.14 bits per heavy atom. The van der Waals surface area contributed by atoms with Gasteiger partial charge in [0.25, 0.3) is 0 Å². The van der Waals surface area contributed by atoms with Gasteiger partial charge >= 0.3 is 5.97 Å². The minimum Gasteiger partial charge on any atom is -0.481 e. The average molecular weight is 305 g/mol. The quantitative estimate of drug-likeness (QED) is 0.738. The Bertz CT molecular complexity index is 682. The first-order valence-electron chi connectivity index (χ1n) is 7.02. The van der Waals surface area contributed by atoms with Crippen LogP contribution in [0, 0.1) is 0 Å². The van der Waals surface area contributed by atoms with Gasteiger partial charge in [0.05, 0.1) is 11.9 Å². The molecule has 0 aliphatic carbocycles. The zero-order chi connectivity index (χ0) is 16.1. The van der Waals surface area contributed by atoms with Crippen molar-refractivity contribution in [2.45, 2.75) is 25.8 Å². The molecule has 0 radical (unpaired) electrons. The molecule has 0 fully saturated rings. The summed E-state index contributed by atoms with van der Waals surface area (Å²) in [7, 11) is 1.83. The Kier molecular flexibility index (Phi) is 4.92. The summed E-state index contributed by atoms with van der Waals surface area (Å²) in [6, 6.07) is 5.67. The van der Waals surface area contributed by atoms with Gasteiger partial charge in [-0.2, -0.15) is 0 Å². The summed E-state index contributed by atoms with van der Waals surface area (Å²) in [6.07, 6.45) is 1.01. The number of carbonyl (C=O) groups is 2. The third kappa shape index (κ3) is 3.94. The second-order valence-corrected chi connectivity index (χ2v) is 5.12. The van der Waals surface area contributed by atoms with Crippen LogP contribution in [0.15, 0.2) is 18.2 Å². The van der Waals surface area contributed by atoms with Crippen molar-refractivity contribution in [3.05, 3.63) is 18.2 Å². The summed E-state index contributed by atoms with van der Waals surface area (Å²) >= 11 is 0. The van der Waals surface area contributed by atoms with Crippen LogP contribution in [-0.2, 0) is 16.1 Å². The molecule has 2 aromatic rings. The maximum Gasteiger partial charge on any atom is 0.305 e. The monoisotopic (exact) mass is 305 g/mol. The van der Waals surface area contributed by atoms with Gasteiger partial charge in [0.1, 0.15) is 5.52 Å². The molecule has 0 spiro atoms. The SMILES string of the molecule is CN(CCC(=O)O)c1ccc2c(c1)nnn2CCCC(N)=O. The largest absolute Gasteiger partial charge is 0.481 e. The lowest BCUT2D eigenvalue weighted by Gasteiger charge is -2.18. The summed E-state index contributed by atoms with van der Waals surface area (Å²) < 4.78 is 1.74. The Labute approximate surface area is 127 Å². The predicted octanol–water partition coefficient (Wildman–Crippen LogP) is 0.608. The Morgan fingerprint density at radius 1 is 1.36 bits per heavy atom. The van der Waals surface area contributed by atoms with Gasteiger partial charge in [-0.3, -0.25) is 9.59 Å². The summed E-state index contributed by atoms with van der Waals surface area (Å²) in [5.74, 6) is -1.15. The first-order chi connectivity index (χ1) is 10.5. The third-order valence-electron chi connectivity index (χ3n) is 3.39. The van der Waals surface area contributed by atoms with Gasteiger partial charge < -0.3 is 15.7 Å². The smallest absolute Gasteiger partial charge is 0.305 e. The zero-order valence-corrected chi connectivity index (χ0v) is 12.4. The minimum atomic E-state index is -0.826. The van der Waals surface area contributed by atoms with E-state index < -0.39 is 5.97 Å². The number of nitrogens with two attached hydrogens (primary N) is 1. The molecule has 0 unspecified atom stereocenters. The fourth-order valence-electron chi connectivity index (χ4n) is 2.16. The number of aromatic nitrogens is 3. The molecule has 0 saturated heterocycles. The molecule has 3 N–H and O–H groups in total. The summed E-state index contributed by atoms with van der Waals surface area (Å²) in [5, 5.41) is 16.9. The molecular weight excluding hydrogens is 286 g/mol. The number of rotatable bonds is 8. The number of amides is 1. The van der Waals surface area contributed by atoms with E-state index in [0.29, 0.717) is 25.9 Å². The number of carbonyl (C=O) groups excluding carboxylic acids is 1. The lowest BCUT2D eigenvalue weighted by molar-refractivity contribution is -0.136. The second-order valence-electron chi connectivity index (χ2n) is 5.12. The van der Waals surface area contributed by atoms with Crippen LogP contribution >= 0.6 is 0 Å². The van der Waals surface area contributed by atoms with E-state index in [1.165, 1.54) is 0 Å². The van der Waals surface area contributed by atoms with Crippen molar-refractivity contribution in [3.8, 4) is 0 Å². The molecule has 1 aromatic heterocycles. The minimum absolute atomic E-state index is 0.0777. The lowest BCUT2D eigenvalue weighted by atomic mass is 10.2. The van der Waals surface area contributed by atoms with Crippen LogP contribution in [0.1, 0.15) is 19.3 Å². The summed E-state index contributed by atoms with van der Waals surface area (Å²) in [6.45, 7) is 1.00. The van der Waals surface area contributed by atoms with Gasteiger partial charge in [-0.05, 0) is 24.6 Å². The van der Waals surface area contributed by atoms with Gasteiger partial charge in [-0.25, -0.2) is 4.68 Å². The molecule has 118 valence electrons. The third-order valence-corrected chi connectivity index (χ3v) is 3.39. The van der Waals surface area contributed by atoms with Crippen molar-refractivity contribution in [2.24, 2.45) is 5.73 Å². The van der Waals surface area contributed by atoms with Crippen molar-refractivity contribution >= 4 is 28.6 Å². The van der Waals surface area contributed by atoms with E-state index in [4.69, 9.17) is 10.8 Å². The first kappa shape index (κ1) is 15.7. The van der Waals surface area contributed by atoms with Crippen molar-refractivity contribution in [3.63, 3.8) is 0 Å². The fourth-order valence-corrected chi connectivity index (χ4v) is 2.16.